The standard InChI is InChI=1S/C7H14N2O/c1-3-7(4-5-7)6(10)9(2)8/h3-5,8H2,1-2H3. The highest BCUT2D eigenvalue weighted by Gasteiger charge is 2.48. The first-order valence-electron chi connectivity index (χ1n) is 3.65. The third kappa shape index (κ3) is 1.01. The molecule has 2 N–H and O–H groups in total. The first-order chi connectivity index (χ1) is 4.62. The van der Waals surface area contributed by atoms with Crippen molar-refractivity contribution in [3.05, 3.63) is 0 Å². The quantitative estimate of drug-likeness (QED) is 0.347. The van der Waals surface area contributed by atoms with E-state index >= 15 is 0 Å². The lowest BCUT2D eigenvalue weighted by atomic mass is 10.0. The van der Waals surface area contributed by atoms with Crippen molar-refractivity contribution in [1.82, 2.24) is 5.01 Å². The van der Waals surface area contributed by atoms with Gasteiger partial charge >= 0.3 is 0 Å². The summed E-state index contributed by atoms with van der Waals surface area (Å²) in [6, 6.07) is 0. The normalized spacial score (nSPS) is 20.3. The Kier molecular flexibility index (Phi) is 1.68. The molecule has 0 atom stereocenters. The molecule has 1 amide bonds. The van der Waals surface area contributed by atoms with Gasteiger partial charge in [0.15, 0.2) is 0 Å². The fourth-order valence-electron chi connectivity index (χ4n) is 1.24. The second-order valence-corrected chi connectivity index (χ2v) is 3.05. The van der Waals surface area contributed by atoms with Crippen molar-refractivity contribution in [3.63, 3.8) is 0 Å². The molecular weight excluding hydrogens is 128 g/mol. The van der Waals surface area contributed by atoms with E-state index in [1.54, 1.807) is 7.05 Å². The van der Waals surface area contributed by atoms with Gasteiger partial charge in [0, 0.05) is 7.05 Å². The average Bonchev–Trinajstić information content (AvgIpc) is 2.66. The summed E-state index contributed by atoms with van der Waals surface area (Å²) in [5.41, 5.74) is -0.0660. The van der Waals surface area contributed by atoms with Gasteiger partial charge in [0.1, 0.15) is 0 Å². The Hall–Kier alpha value is -0.570. The van der Waals surface area contributed by atoms with E-state index in [-0.39, 0.29) is 11.3 Å². The summed E-state index contributed by atoms with van der Waals surface area (Å²) >= 11 is 0. The van der Waals surface area contributed by atoms with Gasteiger partial charge in [0.2, 0.25) is 5.91 Å². The second kappa shape index (κ2) is 2.23. The smallest absolute Gasteiger partial charge is 0.242 e. The summed E-state index contributed by atoms with van der Waals surface area (Å²) in [7, 11) is 1.61. The van der Waals surface area contributed by atoms with Gasteiger partial charge < -0.3 is 0 Å². The Morgan fingerprint density at radius 2 is 2.20 bits per heavy atom. The minimum atomic E-state index is -0.0660. The maximum atomic E-state index is 11.3. The van der Waals surface area contributed by atoms with Crippen LogP contribution in [-0.2, 0) is 4.79 Å². The molecule has 0 saturated heterocycles. The molecule has 0 aliphatic heterocycles. The molecule has 0 unspecified atom stereocenters. The Morgan fingerprint density at radius 1 is 1.70 bits per heavy atom. The lowest BCUT2D eigenvalue weighted by molar-refractivity contribution is -0.136. The number of hydrogen-bond donors (Lipinski definition) is 1. The van der Waals surface area contributed by atoms with Crippen LogP contribution in [0, 0.1) is 5.41 Å². The number of nitrogens with zero attached hydrogens (tertiary/aromatic N) is 1. The number of nitrogens with two attached hydrogens (primary N) is 1. The van der Waals surface area contributed by atoms with Gasteiger partial charge in [-0.25, -0.2) is 5.84 Å². The number of hydrazine groups is 1. The molecule has 0 spiro atoms. The Balaban J connectivity index is 2.56. The minimum absolute atomic E-state index is 0.0660. The van der Waals surface area contributed by atoms with Crippen LogP contribution in [0.15, 0.2) is 0 Å². The topological polar surface area (TPSA) is 46.3 Å². The summed E-state index contributed by atoms with van der Waals surface area (Å²) in [6.07, 6.45) is 2.96. The Morgan fingerprint density at radius 3 is 2.30 bits per heavy atom. The van der Waals surface area contributed by atoms with E-state index in [1.807, 2.05) is 6.92 Å². The van der Waals surface area contributed by atoms with E-state index in [2.05, 4.69) is 0 Å². The minimum Gasteiger partial charge on any atom is -0.283 e. The fraction of sp³-hybridized carbons (Fsp3) is 0.857. The highest BCUT2D eigenvalue weighted by atomic mass is 16.2. The van der Waals surface area contributed by atoms with Crippen molar-refractivity contribution in [1.29, 1.82) is 0 Å². The van der Waals surface area contributed by atoms with Crippen molar-refractivity contribution in [2.45, 2.75) is 26.2 Å². The van der Waals surface area contributed by atoms with Crippen LogP contribution in [0.25, 0.3) is 0 Å². The zero-order valence-corrected chi connectivity index (χ0v) is 6.55. The zero-order chi connectivity index (χ0) is 7.78. The van der Waals surface area contributed by atoms with E-state index < -0.39 is 0 Å². The SMILES string of the molecule is CCC1(C(=O)N(C)N)CC1. The molecule has 1 fully saturated rings. The van der Waals surface area contributed by atoms with E-state index in [4.69, 9.17) is 5.84 Å². The fourth-order valence-corrected chi connectivity index (χ4v) is 1.24. The van der Waals surface area contributed by atoms with Crippen LogP contribution in [0.2, 0.25) is 0 Å². The van der Waals surface area contributed by atoms with Gasteiger partial charge in [-0.15, -0.1) is 0 Å². The lowest BCUT2D eigenvalue weighted by Crippen LogP contribution is -2.38. The summed E-state index contributed by atoms with van der Waals surface area (Å²) in [6.45, 7) is 2.04. The van der Waals surface area contributed by atoms with E-state index in [9.17, 15) is 4.79 Å². The Labute approximate surface area is 61.2 Å². The third-order valence-electron chi connectivity index (χ3n) is 2.30. The lowest BCUT2D eigenvalue weighted by Gasteiger charge is -2.16. The molecule has 0 heterocycles. The van der Waals surface area contributed by atoms with Crippen LogP contribution in [0.1, 0.15) is 26.2 Å². The summed E-state index contributed by atoms with van der Waals surface area (Å²) in [5, 5.41) is 1.20. The molecule has 1 rings (SSSR count). The first kappa shape index (κ1) is 7.54. The maximum Gasteiger partial charge on any atom is 0.242 e. The molecule has 0 aromatic heterocycles. The second-order valence-electron chi connectivity index (χ2n) is 3.05. The van der Waals surface area contributed by atoms with Crippen molar-refractivity contribution in [2.24, 2.45) is 11.3 Å². The molecule has 0 bridgehead atoms. The molecular formula is C7H14N2O. The number of carbonyl (C=O) groups is 1. The van der Waals surface area contributed by atoms with Gasteiger partial charge in [-0.3, -0.25) is 9.80 Å². The van der Waals surface area contributed by atoms with E-state index in [0.29, 0.717) is 0 Å². The molecule has 58 valence electrons. The zero-order valence-electron chi connectivity index (χ0n) is 6.55. The summed E-state index contributed by atoms with van der Waals surface area (Å²) in [5.74, 6) is 5.41. The first-order valence-corrected chi connectivity index (χ1v) is 3.65. The summed E-state index contributed by atoms with van der Waals surface area (Å²) < 4.78 is 0. The molecule has 0 aromatic carbocycles. The number of hydrogen-bond acceptors (Lipinski definition) is 2. The molecule has 3 heteroatoms. The van der Waals surface area contributed by atoms with Crippen molar-refractivity contribution < 1.29 is 4.79 Å². The van der Waals surface area contributed by atoms with Crippen LogP contribution in [0.5, 0.6) is 0 Å². The molecule has 3 nitrogen and oxygen atoms in total. The van der Waals surface area contributed by atoms with Crippen LogP contribution < -0.4 is 5.84 Å². The van der Waals surface area contributed by atoms with Gasteiger partial charge in [-0.1, -0.05) is 6.92 Å². The monoisotopic (exact) mass is 142 g/mol. The maximum absolute atomic E-state index is 11.3. The predicted octanol–water partition coefficient (Wildman–Crippen LogP) is 0.509. The van der Waals surface area contributed by atoms with Gasteiger partial charge in [-0.05, 0) is 19.3 Å². The number of amides is 1. The van der Waals surface area contributed by atoms with Crippen molar-refractivity contribution >= 4 is 5.91 Å². The van der Waals surface area contributed by atoms with Crippen LogP contribution in [0.4, 0.5) is 0 Å². The van der Waals surface area contributed by atoms with Gasteiger partial charge in [0.05, 0.1) is 5.41 Å². The molecule has 0 aromatic rings. The average molecular weight is 142 g/mol. The molecule has 0 radical (unpaired) electrons. The van der Waals surface area contributed by atoms with E-state index in [1.165, 1.54) is 5.01 Å². The number of carbonyl (C=O) groups excluding carboxylic acids is 1. The van der Waals surface area contributed by atoms with Crippen molar-refractivity contribution in [2.75, 3.05) is 7.05 Å². The molecule has 10 heavy (non-hydrogen) atoms. The third-order valence-corrected chi connectivity index (χ3v) is 2.30. The largest absolute Gasteiger partial charge is 0.283 e. The van der Waals surface area contributed by atoms with E-state index in [0.717, 1.165) is 19.3 Å². The summed E-state index contributed by atoms with van der Waals surface area (Å²) in [4.78, 5) is 11.3. The van der Waals surface area contributed by atoms with Gasteiger partial charge in [-0.2, -0.15) is 0 Å². The van der Waals surface area contributed by atoms with Crippen molar-refractivity contribution in [3.8, 4) is 0 Å². The highest BCUT2D eigenvalue weighted by Crippen LogP contribution is 2.49. The van der Waals surface area contributed by atoms with Crippen LogP contribution >= 0.6 is 0 Å². The number of rotatable bonds is 2. The van der Waals surface area contributed by atoms with Gasteiger partial charge in [0.25, 0.3) is 0 Å². The molecule has 1 aliphatic rings. The Bertz CT molecular complexity index is 150. The highest BCUT2D eigenvalue weighted by molar-refractivity contribution is 5.84. The molecule has 1 saturated carbocycles. The van der Waals surface area contributed by atoms with Crippen LogP contribution in [-0.4, -0.2) is 18.0 Å². The predicted molar refractivity (Wildman–Crippen MR) is 38.9 cm³/mol. The molecule has 1 aliphatic carbocycles. The van der Waals surface area contributed by atoms with Crippen LogP contribution in [0.3, 0.4) is 0 Å².